The van der Waals surface area contributed by atoms with E-state index in [1.54, 1.807) is 14.2 Å². The highest BCUT2D eigenvalue weighted by Crippen LogP contribution is 2.39. The van der Waals surface area contributed by atoms with Gasteiger partial charge in [0.05, 0.1) is 31.4 Å². The molecule has 0 aliphatic carbocycles. The second-order valence-corrected chi connectivity index (χ2v) is 9.43. The summed E-state index contributed by atoms with van der Waals surface area (Å²) in [5.74, 6) is 1.64. The van der Waals surface area contributed by atoms with Crippen molar-refractivity contribution in [3.8, 4) is 11.5 Å². The van der Waals surface area contributed by atoms with Crippen molar-refractivity contribution >= 4 is 22.3 Å². The number of aromatic nitrogens is 1. The molecule has 2 aromatic carbocycles. The first-order valence-corrected chi connectivity index (χ1v) is 12.2. The largest absolute Gasteiger partial charge is 0.493 e. The molecular weight excluding hydrogens is 442 g/mol. The Morgan fingerprint density at radius 1 is 1.00 bits per heavy atom. The van der Waals surface area contributed by atoms with Crippen LogP contribution in [0.25, 0.3) is 10.9 Å². The van der Waals surface area contributed by atoms with E-state index in [-0.39, 0.29) is 12.0 Å². The Kier molecular flexibility index (Phi) is 5.91. The minimum Gasteiger partial charge on any atom is -0.493 e. The molecule has 6 rings (SSSR count). The Balaban J connectivity index is 1.07. The number of methoxy groups -OCH3 is 2. The van der Waals surface area contributed by atoms with Crippen LogP contribution in [0, 0.1) is 5.92 Å². The molecule has 1 fully saturated rings. The first-order chi connectivity index (χ1) is 17.2. The van der Waals surface area contributed by atoms with Gasteiger partial charge < -0.3 is 19.6 Å². The number of fused-ring (bicyclic) bond motifs is 4. The highest BCUT2D eigenvalue weighted by Gasteiger charge is 2.40. The zero-order chi connectivity index (χ0) is 23.8. The van der Waals surface area contributed by atoms with Gasteiger partial charge in [0.1, 0.15) is 6.10 Å². The van der Waals surface area contributed by atoms with Crippen LogP contribution < -0.4 is 14.8 Å². The average molecular weight is 474 g/mol. The van der Waals surface area contributed by atoms with Gasteiger partial charge in [-0.25, -0.2) is 0 Å². The predicted octanol–water partition coefficient (Wildman–Crippen LogP) is 3.21. The van der Waals surface area contributed by atoms with Crippen molar-refractivity contribution in [2.24, 2.45) is 11.1 Å². The topological polar surface area (TPSA) is 71.5 Å². The van der Waals surface area contributed by atoms with E-state index in [9.17, 15) is 0 Å². The lowest BCUT2D eigenvalue weighted by Crippen LogP contribution is -2.50. The van der Waals surface area contributed by atoms with Gasteiger partial charge in [-0.2, -0.15) is 0 Å². The third kappa shape index (κ3) is 4.17. The van der Waals surface area contributed by atoms with Gasteiger partial charge in [-0.05, 0) is 17.7 Å². The highest BCUT2D eigenvalue weighted by atomic mass is 16.6. The maximum absolute atomic E-state index is 5.97. The van der Waals surface area contributed by atoms with Crippen molar-refractivity contribution in [3.63, 3.8) is 0 Å². The summed E-state index contributed by atoms with van der Waals surface area (Å²) in [6.45, 7) is 6.73. The van der Waals surface area contributed by atoms with Gasteiger partial charge >= 0.3 is 0 Å². The number of rotatable bonds is 6. The summed E-state index contributed by atoms with van der Waals surface area (Å²) in [5.41, 5.74) is 5.47. The summed E-state index contributed by atoms with van der Waals surface area (Å²) in [5, 5.41) is 9.27. The average Bonchev–Trinajstić information content (AvgIpc) is 3.32. The Labute approximate surface area is 205 Å². The molecule has 0 radical (unpaired) electrons. The van der Waals surface area contributed by atoms with Crippen molar-refractivity contribution < 1.29 is 14.3 Å². The summed E-state index contributed by atoms with van der Waals surface area (Å²) in [7, 11) is 3.31. The smallest absolute Gasteiger partial charge is 0.162 e. The van der Waals surface area contributed by atoms with Gasteiger partial charge in [0.2, 0.25) is 0 Å². The van der Waals surface area contributed by atoms with Crippen molar-refractivity contribution in [1.82, 2.24) is 14.8 Å². The van der Waals surface area contributed by atoms with E-state index in [0.29, 0.717) is 11.5 Å². The van der Waals surface area contributed by atoms with Gasteiger partial charge in [-0.1, -0.05) is 29.4 Å². The molecule has 0 spiro atoms. The summed E-state index contributed by atoms with van der Waals surface area (Å²) in [6.07, 6.45) is 1.93. The fourth-order valence-electron chi connectivity index (χ4n) is 5.46. The van der Waals surface area contributed by atoms with Crippen LogP contribution in [-0.2, 0) is 11.4 Å². The number of nitrogens with zero attached hydrogens (tertiary/aromatic N) is 4. The minimum atomic E-state index is 0.0487. The minimum absolute atomic E-state index is 0.0487. The molecule has 0 unspecified atom stereocenters. The highest BCUT2D eigenvalue weighted by molar-refractivity contribution is 6.09. The van der Waals surface area contributed by atoms with Crippen LogP contribution >= 0.6 is 0 Å². The Hall–Kier alpha value is -3.36. The van der Waals surface area contributed by atoms with Gasteiger partial charge in [0, 0.05) is 74.7 Å². The van der Waals surface area contributed by atoms with E-state index in [0.717, 1.165) is 68.3 Å². The van der Waals surface area contributed by atoms with Gasteiger partial charge in [0.15, 0.2) is 11.5 Å². The van der Waals surface area contributed by atoms with Crippen LogP contribution in [-0.4, -0.2) is 80.1 Å². The second-order valence-electron chi connectivity index (χ2n) is 9.43. The molecule has 1 saturated heterocycles. The number of oxime groups is 1. The number of hydrogen-bond donors (Lipinski definition) is 1. The molecule has 8 nitrogen and oxygen atoms in total. The summed E-state index contributed by atoms with van der Waals surface area (Å²) in [6, 6.07) is 14.6. The maximum atomic E-state index is 5.97. The SMILES string of the molecule is COc1cc2c(cc1OC)C1=NO[C@@H](CN3CCN(Cc4cccc5cccnc45)CC3)[C@@H]1CN2. The lowest BCUT2D eigenvalue weighted by atomic mass is 9.87. The van der Waals surface area contributed by atoms with Gasteiger partial charge in [-0.15, -0.1) is 0 Å². The standard InChI is InChI=1S/C27H31N5O3/c1-33-23-13-20-22(14-24(23)34-2)29-15-21-25(35-30-27(20)21)17-32-11-9-31(10-12-32)16-19-6-3-5-18-7-4-8-28-26(18)19/h3-8,13-14,21,25,29H,9-12,15-17H2,1-2H3/t21-,25-/m0/s1. The maximum Gasteiger partial charge on any atom is 0.162 e. The first kappa shape index (κ1) is 22.1. The van der Waals surface area contributed by atoms with Crippen LogP contribution in [0.2, 0.25) is 0 Å². The van der Waals surface area contributed by atoms with E-state index in [2.05, 4.69) is 49.5 Å². The zero-order valence-electron chi connectivity index (χ0n) is 20.2. The molecule has 4 heterocycles. The van der Waals surface area contributed by atoms with Crippen molar-refractivity contribution in [1.29, 1.82) is 0 Å². The molecule has 8 heteroatoms. The number of piperazine rings is 1. The van der Waals surface area contributed by atoms with E-state index < -0.39 is 0 Å². The number of benzene rings is 2. The number of para-hydroxylation sites is 1. The molecule has 1 N–H and O–H groups in total. The predicted molar refractivity (Wildman–Crippen MR) is 136 cm³/mol. The summed E-state index contributed by atoms with van der Waals surface area (Å²) >= 11 is 0. The molecule has 3 aliphatic heterocycles. The van der Waals surface area contributed by atoms with Crippen molar-refractivity contribution in [2.75, 3.05) is 58.8 Å². The van der Waals surface area contributed by atoms with Crippen LogP contribution in [0.3, 0.4) is 0 Å². The van der Waals surface area contributed by atoms with Gasteiger partial charge in [-0.3, -0.25) is 14.8 Å². The lowest BCUT2D eigenvalue weighted by molar-refractivity contribution is 0.0184. The molecule has 2 atom stereocenters. The zero-order valence-corrected chi connectivity index (χ0v) is 20.2. The molecule has 0 bridgehead atoms. The molecule has 35 heavy (non-hydrogen) atoms. The van der Waals surface area contributed by atoms with Crippen LogP contribution in [0.4, 0.5) is 5.69 Å². The van der Waals surface area contributed by atoms with Crippen molar-refractivity contribution in [3.05, 3.63) is 59.8 Å². The molecule has 0 saturated carbocycles. The van der Waals surface area contributed by atoms with Crippen LogP contribution in [0.5, 0.6) is 11.5 Å². The number of anilines is 1. The molecular formula is C27H31N5O3. The third-order valence-electron chi connectivity index (χ3n) is 7.41. The fourth-order valence-corrected chi connectivity index (χ4v) is 5.46. The van der Waals surface area contributed by atoms with Crippen LogP contribution in [0.15, 0.2) is 53.8 Å². The molecule has 182 valence electrons. The Morgan fingerprint density at radius 2 is 1.77 bits per heavy atom. The Bertz CT molecular complexity index is 1250. The molecule has 1 aromatic heterocycles. The van der Waals surface area contributed by atoms with E-state index in [4.69, 9.17) is 14.3 Å². The normalized spacial score (nSPS) is 22.1. The molecule has 3 aliphatic rings. The van der Waals surface area contributed by atoms with E-state index >= 15 is 0 Å². The Morgan fingerprint density at radius 3 is 2.60 bits per heavy atom. The summed E-state index contributed by atoms with van der Waals surface area (Å²) in [4.78, 5) is 15.6. The number of pyridine rings is 1. The van der Waals surface area contributed by atoms with Gasteiger partial charge in [0.25, 0.3) is 0 Å². The number of ether oxygens (including phenoxy) is 2. The third-order valence-corrected chi connectivity index (χ3v) is 7.41. The first-order valence-electron chi connectivity index (χ1n) is 12.2. The summed E-state index contributed by atoms with van der Waals surface area (Å²) < 4.78 is 11.0. The second kappa shape index (κ2) is 9.36. The monoisotopic (exact) mass is 473 g/mol. The van der Waals surface area contributed by atoms with E-state index in [1.807, 2.05) is 24.4 Å². The number of nitrogens with one attached hydrogen (secondary N) is 1. The van der Waals surface area contributed by atoms with Crippen LogP contribution in [0.1, 0.15) is 11.1 Å². The van der Waals surface area contributed by atoms with Crippen molar-refractivity contribution in [2.45, 2.75) is 12.6 Å². The lowest BCUT2D eigenvalue weighted by Gasteiger charge is -2.36. The molecule has 3 aromatic rings. The molecule has 0 amide bonds. The quantitative estimate of drug-likeness (QED) is 0.589. The fraction of sp³-hybridized carbons (Fsp3) is 0.407. The number of hydrogen-bond acceptors (Lipinski definition) is 8. The van der Waals surface area contributed by atoms with E-state index in [1.165, 1.54) is 10.9 Å².